The minimum Gasteiger partial charge on any atom is -0.343 e. The highest BCUT2D eigenvalue weighted by atomic mass is 35.5. The Kier molecular flexibility index (Phi) is 4.10. The molecule has 4 heteroatoms. The Hall–Kier alpha value is -1.25. The molecule has 0 heterocycles. The fourth-order valence-electron chi connectivity index (χ4n) is 1.86. The Bertz CT molecular complexity index is 557. The van der Waals surface area contributed by atoms with Crippen LogP contribution in [0.15, 0.2) is 42.5 Å². The number of nitrogens with zero attached hydrogens (tertiary/aromatic N) is 1. The summed E-state index contributed by atoms with van der Waals surface area (Å²) in [6.07, 6.45) is 0. The highest BCUT2D eigenvalue weighted by Gasteiger charge is 2.13. The number of para-hydroxylation sites is 1. The van der Waals surface area contributed by atoms with Gasteiger partial charge in [-0.05, 0) is 29.8 Å². The van der Waals surface area contributed by atoms with Crippen molar-refractivity contribution in [2.75, 3.05) is 11.9 Å². The van der Waals surface area contributed by atoms with E-state index in [9.17, 15) is 4.39 Å². The molecule has 0 aliphatic rings. The zero-order valence-corrected chi connectivity index (χ0v) is 11.3. The average molecular weight is 284 g/mol. The SMILES string of the molecule is CN(c1cccc(F)c1)c1c(Cl)cccc1CCl. The minimum atomic E-state index is -0.279. The van der Waals surface area contributed by atoms with Crippen LogP contribution < -0.4 is 4.90 Å². The van der Waals surface area contributed by atoms with Crippen molar-refractivity contribution in [3.8, 4) is 0 Å². The van der Waals surface area contributed by atoms with Gasteiger partial charge in [-0.25, -0.2) is 4.39 Å². The lowest BCUT2D eigenvalue weighted by Gasteiger charge is -2.23. The van der Waals surface area contributed by atoms with Gasteiger partial charge in [0.1, 0.15) is 5.82 Å². The average Bonchev–Trinajstić information content (AvgIpc) is 2.37. The van der Waals surface area contributed by atoms with E-state index < -0.39 is 0 Å². The van der Waals surface area contributed by atoms with Gasteiger partial charge in [0.25, 0.3) is 0 Å². The van der Waals surface area contributed by atoms with Crippen molar-refractivity contribution in [2.24, 2.45) is 0 Å². The standard InChI is InChI=1S/C14H12Cl2FN/c1-18(12-6-3-5-11(17)8-12)14-10(9-15)4-2-7-13(14)16/h2-8H,9H2,1H3. The maximum Gasteiger partial charge on any atom is 0.125 e. The van der Waals surface area contributed by atoms with Crippen LogP contribution in [0.2, 0.25) is 5.02 Å². The quantitative estimate of drug-likeness (QED) is 0.718. The number of hydrogen-bond donors (Lipinski definition) is 0. The number of halogens is 3. The Labute approximate surface area is 116 Å². The molecule has 0 radical (unpaired) electrons. The van der Waals surface area contributed by atoms with Crippen molar-refractivity contribution in [1.82, 2.24) is 0 Å². The zero-order chi connectivity index (χ0) is 13.1. The molecule has 0 aliphatic carbocycles. The van der Waals surface area contributed by atoms with Gasteiger partial charge < -0.3 is 4.90 Å². The molecule has 2 rings (SSSR count). The second-order valence-electron chi connectivity index (χ2n) is 3.92. The van der Waals surface area contributed by atoms with Crippen LogP contribution in [0, 0.1) is 5.82 Å². The summed E-state index contributed by atoms with van der Waals surface area (Å²) in [4.78, 5) is 1.84. The maximum absolute atomic E-state index is 13.2. The summed E-state index contributed by atoms with van der Waals surface area (Å²) < 4.78 is 13.2. The molecule has 94 valence electrons. The van der Waals surface area contributed by atoms with Gasteiger partial charge in [-0.3, -0.25) is 0 Å². The van der Waals surface area contributed by atoms with Crippen LogP contribution in [0.3, 0.4) is 0 Å². The molecule has 2 aromatic carbocycles. The van der Waals surface area contributed by atoms with Gasteiger partial charge in [0.05, 0.1) is 10.7 Å². The molecule has 0 fully saturated rings. The largest absolute Gasteiger partial charge is 0.343 e. The van der Waals surface area contributed by atoms with E-state index >= 15 is 0 Å². The van der Waals surface area contributed by atoms with Crippen molar-refractivity contribution < 1.29 is 4.39 Å². The molecule has 0 N–H and O–H groups in total. The summed E-state index contributed by atoms with van der Waals surface area (Å²) in [5.41, 5.74) is 2.45. The third-order valence-corrected chi connectivity index (χ3v) is 3.34. The lowest BCUT2D eigenvalue weighted by Crippen LogP contribution is -2.12. The van der Waals surface area contributed by atoms with Crippen molar-refractivity contribution >= 4 is 34.6 Å². The molecule has 18 heavy (non-hydrogen) atoms. The lowest BCUT2D eigenvalue weighted by molar-refractivity contribution is 0.628. The van der Waals surface area contributed by atoms with E-state index in [4.69, 9.17) is 23.2 Å². The fourth-order valence-corrected chi connectivity index (χ4v) is 2.39. The lowest BCUT2D eigenvalue weighted by atomic mass is 10.1. The first-order valence-corrected chi connectivity index (χ1v) is 6.37. The Morgan fingerprint density at radius 3 is 2.56 bits per heavy atom. The molecular formula is C14H12Cl2FN. The summed E-state index contributed by atoms with van der Waals surface area (Å²) in [6.45, 7) is 0. The molecule has 0 saturated heterocycles. The van der Waals surface area contributed by atoms with Crippen LogP contribution in [0.25, 0.3) is 0 Å². The molecule has 0 bridgehead atoms. The van der Waals surface area contributed by atoms with Crippen LogP contribution in [-0.4, -0.2) is 7.05 Å². The zero-order valence-electron chi connectivity index (χ0n) is 9.83. The summed E-state index contributed by atoms with van der Waals surface area (Å²) in [7, 11) is 1.84. The number of hydrogen-bond acceptors (Lipinski definition) is 1. The summed E-state index contributed by atoms with van der Waals surface area (Å²) in [5, 5.41) is 0.597. The first kappa shape index (κ1) is 13.2. The second-order valence-corrected chi connectivity index (χ2v) is 4.59. The molecule has 2 aromatic rings. The molecule has 0 atom stereocenters. The van der Waals surface area contributed by atoms with Crippen LogP contribution in [-0.2, 0) is 5.88 Å². The van der Waals surface area contributed by atoms with E-state index in [0.29, 0.717) is 10.9 Å². The topological polar surface area (TPSA) is 3.24 Å². The number of rotatable bonds is 3. The first-order valence-electron chi connectivity index (χ1n) is 5.46. The third-order valence-electron chi connectivity index (χ3n) is 2.75. The first-order chi connectivity index (χ1) is 8.63. The van der Waals surface area contributed by atoms with Crippen molar-refractivity contribution in [1.29, 1.82) is 0 Å². The number of anilines is 2. The fraction of sp³-hybridized carbons (Fsp3) is 0.143. The monoisotopic (exact) mass is 283 g/mol. The van der Waals surface area contributed by atoms with Gasteiger partial charge in [-0.2, -0.15) is 0 Å². The summed E-state index contributed by atoms with van der Waals surface area (Å²) >= 11 is 12.1. The Morgan fingerprint density at radius 2 is 1.89 bits per heavy atom. The smallest absolute Gasteiger partial charge is 0.125 e. The Morgan fingerprint density at radius 1 is 1.17 bits per heavy atom. The van der Waals surface area contributed by atoms with E-state index in [1.807, 2.05) is 30.1 Å². The highest BCUT2D eigenvalue weighted by Crippen LogP contribution is 2.34. The van der Waals surface area contributed by atoms with E-state index in [0.717, 1.165) is 16.9 Å². The van der Waals surface area contributed by atoms with E-state index in [-0.39, 0.29) is 5.82 Å². The molecule has 0 spiro atoms. The van der Waals surface area contributed by atoms with Crippen LogP contribution in [0.5, 0.6) is 0 Å². The highest BCUT2D eigenvalue weighted by molar-refractivity contribution is 6.33. The van der Waals surface area contributed by atoms with Crippen LogP contribution >= 0.6 is 23.2 Å². The van der Waals surface area contributed by atoms with Crippen LogP contribution in [0.1, 0.15) is 5.56 Å². The summed E-state index contributed by atoms with van der Waals surface area (Å²) in [5.74, 6) is 0.0778. The molecule has 1 nitrogen and oxygen atoms in total. The normalized spacial score (nSPS) is 10.4. The van der Waals surface area contributed by atoms with E-state index in [2.05, 4.69) is 0 Å². The molecule has 0 aromatic heterocycles. The second kappa shape index (κ2) is 5.59. The summed E-state index contributed by atoms with van der Waals surface area (Å²) in [6, 6.07) is 11.9. The van der Waals surface area contributed by atoms with Gasteiger partial charge in [-0.1, -0.05) is 29.8 Å². The molecule has 0 saturated carbocycles. The Balaban J connectivity index is 2.48. The van der Waals surface area contributed by atoms with Crippen molar-refractivity contribution in [3.63, 3.8) is 0 Å². The minimum absolute atomic E-state index is 0.279. The van der Waals surface area contributed by atoms with Crippen molar-refractivity contribution in [3.05, 3.63) is 58.9 Å². The van der Waals surface area contributed by atoms with Gasteiger partial charge in [0.15, 0.2) is 0 Å². The van der Waals surface area contributed by atoms with E-state index in [1.54, 1.807) is 12.1 Å². The van der Waals surface area contributed by atoms with Crippen molar-refractivity contribution in [2.45, 2.75) is 5.88 Å². The number of alkyl halides is 1. The van der Waals surface area contributed by atoms with Gasteiger partial charge in [0.2, 0.25) is 0 Å². The molecule has 0 aliphatic heterocycles. The third kappa shape index (κ3) is 2.60. The van der Waals surface area contributed by atoms with Gasteiger partial charge in [0, 0.05) is 18.6 Å². The maximum atomic E-state index is 13.2. The van der Waals surface area contributed by atoms with Crippen LogP contribution in [0.4, 0.5) is 15.8 Å². The number of benzene rings is 2. The molecule has 0 amide bonds. The van der Waals surface area contributed by atoms with Gasteiger partial charge in [-0.15, -0.1) is 11.6 Å². The van der Waals surface area contributed by atoms with Gasteiger partial charge >= 0.3 is 0 Å². The van der Waals surface area contributed by atoms with E-state index in [1.165, 1.54) is 12.1 Å². The molecule has 0 unspecified atom stereocenters. The molecular weight excluding hydrogens is 272 g/mol. The predicted molar refractivity (Wildman–Crippen MR) is 75.5 cm³/mol. The predicted octanol–water partition coefficient (Wildman–Crippen LogP) is 4.99.